The second kappa shape index (κ2) is 8.61. The molecule has 0 atom stereocenters. The minimum Gasteiger partial charge on any atom is -0.342 e. The van der Waals surface area contributed by atoms with Crippen LogP contribution >= 0.6 is 11.8 Å². The molecule has 1 aliphatic heterocycles. The topological polar surface area (TPSA) is 51.0 Å². The fourth-order valence-corrected chi connectivity index (χ4v) is 4.39. The third-order valence-corrected chi connectivity index (χ3v) is 5.96. The zero-order valence-electron chi connectivity index (χ0n) is 16.0. The van der Waals surface area contributed by atoms with Crippen LogP contribution in [0.25, 0.3) is 5.69 Å². The van der Waals surface area contributed by atoms with Crippen LogP contribution in [0.1, 0.15) is 29.8 Å². The molecule has 1 aliphatic rings. The average Bonchev–Trinajstić information content (AvgIpc) is 3.38. The summed E-state index contributed by atoms with van der Waals surface area (Å²) >= 11 is 1.48. The first-order chi connectivity index (χ1) is 13.7. The Bertz CT molecular complexity index is 948. The third kappa shape index (κ3) is 4.12. The quantitative estimate of drug-likeness (QED) is 0.598. The molecule has 2 heterocycles. The Kier molecular flexibility index (Phi) is 5.76. The minimum absolute atomic E-state index is 0.187. The van der Waals surface area contributed by atoms with Gasteiger partial charge in [-0.15, -0.1) is 10.2 Å². The molecule has 0 N–H and O–H groups in total. The Hall–Kier alpha value is -2.60. The molecule has 5 nitrogen and oxygen atoms in total. The maximum absolute atomic E-state index is 12.5. The Morgan fingerprint density at radius 1 is 1.00 bits per heavy atom. The maximum Gasteiger partial charge on any atom is 0.233 e. The van der Waals surface area contributed by atoms with Gasteiger partial charge in [0.15, 0.2) is 5.16 Å². The van der Waals surface area contributed by atoms with Gasteiger partial charge in [-0.1, -0.05) is 60.3 Å². The molecule has 0 saturated carbocycles. The molecule has 4 rings (SSSR count). The number of thioether (sulfide) groups is 1. The summed E-state index contributed by atoms with van der Waals surface area (Å²) in [7, 11) is 0. The van der Waals surface area contributed by atoms with Gasteiger partial charge in [-0.2, -0.15) is 0 Å². The van der Waals surface area contributed by atoms with Gasteiger partial charge in [0.25, 0.3) is 0 Å². The molecule has 28 heavy (non-hydrogen) atoms. The number of likely N-dealkylation sites (tertiary alicyclic amines) is 1. The summed E-state index contributed by atoms with van der Waals surface area (Å²) in [5.74, 6) is 1.47. The number of aromatic nitrogens is 3. The zero-order chi connectivity index (χ0) is 19.3. The van der Waals surface area contributed by atoms with Crippen molar-refractivity contribution in [2.45, 2.75) is 31.3 Å². The van der Waals surface area contributed by atoms with Crippen LogP contribution in [0.15, 0.2) is 59.8 Å². The lowest BCUT2D eigenvalue weighted by Crippen LogP contribution is -2.29. The Morgan fingerprint density at radius 3 is 2.46 bits per heavy atom. The van der Waals surface area contributed by atoms with Crippen LogP contribution in [0.2, 0.25) is 0 Å². The smallest absolute Gasteiger partial charge is 0.233 e. The van der Waals surface area contributed by atoms with Crippen molar-refractivity contribution < 1.29 is 4.79 Å². The number of para-hydroxylation sites is 1. The van der Waals surface area contributed by atoms with Crippen molar-refractivity contribution in [3.8, 4) is 5.69 Å². The number of aryl methyl sites for hydroxylation is 1. The number of hydrogen-bond acceptors (Lipinski definition) is 4. The average molecular weight is 393 g/mol. The first kappa shape index (κ1) is 18.7. The van der Waals surface area contributed by atoms with E-state index in [0.717, 1.165) is 48.2 Å². The van der Waals surface area contributed by atoms with Gasteiger partial charge in [-0.25, -0.2) is 0 Å². The van der Waals surface area contributed by atoms with Crippen LogP contribution < -0.4 is 0 Å². The number of hydrogen-bond donors (Lipinski definition) is 0. The van der Waals surface area contributed by atoms with Crippen molar-refractivity contribution in [1.29, 1.82) is 0 Å². The lowest BCUT2D eigenvalue weighted by molar-refractivity contribution is -0.127. The molecule has 1 saturated heterocycles. The Balaban J connectivity index is 1.62. The predicted octanol–water partition coefficient (Wildman–Crippen LogP) is 3.88. The highest BCUT2D eigenvalue weighted by atomic mass is 32.2. The monoisotopic (exact) mass is 392 g/mol. The highest BCUT2D eigenvalue weighted by Crippen LogP contribution is 2.26. The van der Waals surface area contributed by atoms with Crippen LogP contribution in [-0.2, 0) is 11.2 Å². The normalized spacial score (nSPS) is 13.8. The fraction of sp³-hybridized carbons (Fsp3) is 0.318. The van der Waals surface area contributed by atoms with Gasteiger partial charge in [0, 0.05) is 19.5 Å². The molecular weight excluding hydrogens is 368 g/mol. The molecule has 1 aromatic heterocycles. The summed E-state index contributed by atoms with van der Waals surface area (Å²) in [5.41, 5.74) is 3.41. The molecule has 2 aromatic carbocycles. The summed E-state index contributed by atoms with van der Waals surface area (Å²) < 4.78 is 2.10. The largest absolute Gasteiger partial charge is 0.342 e. The van der Waals surface area contributed by atoms with Crippen molar-refractivity contribution in [2.75, 3.05) is 18.8 Å². The van der Waals surface area contributed by atoms with Crippen LogP contribution in [0.5, 0.6) is 0 Å². The van der Waals surface area contributed by atoms with Crippen molar-refractivity contribution in [3.05, 3.63) is 71.5 Å². The summed E-state index contributed by atoms with van der Waals surface area (Å²) in [4.78, 5) is 14.4. The number of rotatable bonds is 6. The van der Waals surface area contributed by atoms with E-state index in [-0.39, 0.29) is 5.91 Å². The van der Waals surface area contributed by atoms with E-state index in [9.17, 15) is 4.79 Å². The van der Waals surface area contributed by atoms with Crippen LogP contribution in [0.3, 0.4) is 0 Å². The van der Waals surface area contributed by atoms with Gasteiger partial charge < -0.3 is 4.90 Å². The van der Waals surface area contributed by atoms with E-state index in [1.165, 1.54) is 17.3 Å². The summed E-state index contributed by atoms with van der Waals surface area (Å²) in [5, 5.41) is 9.68. The van der Waals surface area contributed by atoms with Crippen molar-refractivity contribution in [3.63, 3.8) is 0 Å². The van der Waals surface area contributed by atoms with Gasteiger partial charge in [0.1, 0.15) is 5.82 Å². The van der Waals surface area contributed by atoms with E-state index in [1.54, 1.807) is 0 Å². The molecule has 6 heteroatoms. The molecule has 1 fully saturated rings. The molecule has 0 unspecified atom stereocenters. The standard InChI is InChI=1S/C22H24N4OS/c1-17-9-5-6-12-19(17)26-20(15-18-10-3-2-4-11-18)23-24-22(26)28-16-21(27)25-13-7-8-14-25/h2-6,9-12H,7-8,13-16H2,1H3. The predicted molar refractivity (Wildman–Crippen MR) is 112 cm³/mol. The van der Waals surface area contributed by atoms with Crippen molar-refractivity contribution >= 4 is 17.7 Å². The van der Waals surface area contributed by atoms with Crippen LogP contribution in [0.4, 0.5) is 0 Å². The van der Waals surface area contributed by atoms with Crippen molar-refractivity contribution in [1.82, 2.24) is 19.7 Å². The second-order valence-corrected chi connectivity index (χ2v) is 8.00. The summed E-state index contributed by atoms with van der Waals surface area (Å²) in [6, 6.07) is 18.5. The molecular formula is C22H24N4OS. The van der Waals surface area contributed by atoms with Gasteiger partial charge in [0.05, 0.1) is 11.4 Å². The van der Waals surface area contributed by atoms with Crippen LogP contribution in [0, 0.1) is 6.92 Å². The molecule has 0 aliphatic carbocycles. The van der Waals surface area contributed by atoms with Gasteiger partial charge in [-0.3, -0.25) is 9.36 Å². The highest BCUT2D eigenvalue weighted by molar-refractivity contribution is 7.99. The molecule has 0 radical (unpaired) electrons. The number of amides is 1. The van der Waals surface area contributed by atoms with E-state index in [2.05, 4.69) is 46.0 Å². The van der Waals surface area contributed by atoms with E-state index in [4.69, 9.17) is 0 Å². The van der Waals surface area contributed by atoms with Crippen LogP contribution in [-0.4, -0.2) is 44.4 Å². The second-order valence-electron chi connectivity index (χ2n) is 7.06. The lowest BCUT2D eigenvalue weighted by Gasteiger charge is -2.16. The SMILES string of the molecule is Cc1ccccc1-n1c(Cc2ccccc2)nnc1SCC(=O)N1CCCC1. The lowest BCUT2D eigenvalue weighted by atomic mass is 10.1. The Labute approximate surface area is 169 Å². The van der Waals surface area contributed by atoms with E-state index < -0.39 is 0 Å². The molecule has 3 aromatic rings. The number of carbonyl (C=O) groups is 1. The highest BCUT2D eigenvalue weighted by Gasteiger charge is 2.21. The van der Waals surface area contributed by atoms with Gasteiger partial charge in [-0.05, 0) is 37.0 Å². The third-order valence-electron chi connectivity index (χ3n) is 5.05. The Morgan fingerprint density at radius 2 is 1.71 bits per heavy atom. The van der Waals surface area contributed by atoms with E-state index in [0.29, 0.717) is 12.2 Å². The number of benzene rings is 2. The first-order valence-electron chi connectivity index (χ1n) is 9.67. The number of nitrogens with zero attached hydrogens (tertiary/aromatic N) is 4. The van der Waals surface area contributed by atoms with Gasteiger partial charge in [0.2, 0.25) is 5.91 Å². The zero-order valence-corrected chi connectivity index (χ0v) is 16.9. The van der Waals surface area contributed by atoms with E-state index in [1.807, 2.05) is 35.2 Å². The summed E-state index contributed by atoms with van der Waals surface area (Å²) in [6.07, 6.45) is 2.91. The number of carbonyl (C=O) groups excluding carboxylic acids is 1. The maximum atomic E-state index is 12.5. The van der Waals surface area contributed by atoms with Crippen molar-refractivity contribution in [2.24, 2.45) is 0 Å². The fourth-order valence-electron chi connectivity index (χ4n) is 3.53. The molecule has 0 spiro atoms. The first-order valence-corrected chi connectivity index (χ1v) is 10.7. The molecule has 1 amide bonds. The molecule has 0 bridgehead atoms. The van der Waals surface area contributed by atoms with E-state index >= 15 is 0 Å². The minimum atomic E-state index is 0.187. The molecule has 144 valence electrons. The van der Waals surface area contributed by atoms with Gasteiger partial charge >= 0.3 is 0 Å². The summed E-state index contributed by atoms with van der Waals surface area (Å²) in [6.45, 7) is 3.84.